The van der Waals surface area contributed by atoms with Gasteiger partial charge >= 0.3 is 5.97 Å². The van der Waals surface area contributed by atoms with Crippen molar-refractivity contribution in [2.24, 2.45) is 11.8 Å². The van der Waals surface area contributed by atoms with E-state index in [1.165, 1.54) is 30.3 Å². The van der Waals surface area contributed by atoms with Gasteiger partial charge < -0.3 is 15.0 Å². The normalized spacial score (nSPS) is 24.4. The molecule has 3 atom stereocenters. The molecule has 2 aromatic rings. The lowest BCUT2D eigenvalue weighted by Gasteiger charge is -2.39. The highest BCUT2D eigenvalue weighted by molar-refractivity contribution is 6.12. The highest BCUT2D eigenvalue weighted by Crippen LogP contribution is 2.55. The number of likely N-dealkylation sites (tertiary alicyclic amines) is 1. The average Bonchev–Trinajstić information content (AvgIpc) is 3.23. The van der Waals surface area contributed by atoms with Crippen LogP contribution in [0.2, 0.25) is 0 Å². The number of esters is 1. The van der Waals surface area contributed by atoms with Crippen molar-refractivity contribution in [1.82, 2.24) is 9.88 Å². The molecule has 2 aliphatic heterocycles. The molecule has 1 N–H and O–H groups in total. The Kier molecular flexibility index (Phi) is 5.24. The first-order chi connectivity index (χ1) is 14.8. The zero-order valence-electron chi connectivity index (χ0n) is 17.6. The van der Waals surface area contributed by atoms with Gasteiger partial charge in [-0.3, -0.25) is 19.4 Å². The van der Waals surface area contributed by atoms with Crippen molar-refractivity contribution in [3.8, 4) is 0 Å². The van der Waals surface area contributed by atoms with Gasteiger partial charge in [0.2, 0.25) is 0 Å². The van der Waals surface area contributed by atoms with Gasteiger partial charge in [-0.1, -0.05) is 26.0 Å². The maximum atomic E-state index is 15.2. The molecular weight excluding hydrogens is 401 g/mol. The molecule has 0 radical (unpaired) electrons. The van der Waals surface area contributed by atoms with Crippen LogP contribution in [0.5, 0.6) is 0 Å². The molecule has 0 saturated carbocycles. The summed E-state index contributed by atoms with van der Waals surface area (Å²) in [7, 11) is 1.23. The Balaban J connectivity index is 1.99. The molecule has 1 fully saturated rings. The number of fused-ring (bicyclic) bond motifs is 2. The molecule has 1 spiro atoms. The number of ether oxygens (including phenoxy) is 1. The molecule has 0 unspecified atom stereocenters. The molecule has 0 aliphatic carbocycles. The first-order valence-corrected chi connectivity index (χ1v) is 10.2. The first kappa shape index (κ1) is 21.0. The maximum absolute atomic E-state index is 15.2. The number of amides is 2. The molecule has 3 heterocycles. The summed E-state index contributed by atoms with van der Waals surface area (Å²) in [5, 5.41) is 2.69. The number of benzene rings is 1. The third-order valence-electron chi connectivity index (χ3n) is 6.08. The van der Waals surface area contributed by atoms with Crippen LogP contribution < -0.4 is 5.32 Å². The minimum atomic E-state index is -1.85. The molecule has 1 saturated heterocycles. The Morgan fingerprint density at radius 1 is 1.29 bits per heavy atom. The molecule has 0 bridgehead atoms. The maximum Gasteiger partial charge on any atom is 0.312 e. The summed E-state index contributed by atoms with van der Waals surface area (Å²) >= 11 is 0. The number of halogens is 1. The Labute approximate surface area is 179 Å². The fraction of sp³-hybridized carbons (Fsp3) is 0.391. The van der Waals surface area contributed by atoms with Gasteiger partial charge in [0.25, 0.3) is 11.8 Å². The number of hydrogen-bond donors (Lipinski definition) is 1. The average molecular weight is 425 g/mol. The molecule has 162 valence electrons. The Bertz CT molecular complexity index is 1040. The molecule has 2 amide bonds. The third-order valence-corrected chi connectivity index (χ3v) is 6.08. The molecule has 1 aromatic carbocycles. The topological polar surface area (TPSA) is 88.6 Å². The monoisotopic (exact) mass is 425 g/mol. The van der Waals surface area contributed by atoms with Gasteiger partial charge in [0, 0.05) is 23.5 Å². The van der Waals surface area contributed by atoms with Gasteiger partial charge in [0.05, 0.1) is 13.0 Å². The second-order valence-electron chi connectivity index (χ2n) is 8.37. The van der Waals surface area contributed by atoms with Crippen molar-refractivity contribution in [3.05, 3.63) is 59.7 Å². The molecule has 4 rings (SSSR count). The van der Waals surface area contributed by atoms with E-state index in [0.717, 1.165) is 0 Å². The van der Waals surface area contributed by atoms with Gasteiger partial charge in [-0.15, -0.1) is 0 Å². The number of methoxy groups -OCH3 is 1. The summed E-state index contributed by atoms with van der Waals surface area (Å²) in [5.74, 6) is -3.33. The number of rotatable bonds is 4. The second-order valence-corrected chi connectivity index (χ2v) is 8.37. The molecular formula is C23H24FN3O4. The van der Waals surface area contributed by atoms with Gasteiger partial charge in [-0.25, -0.2) is 4.39 Å². The first-order valence-electron chi connectivity index (χ1n) is 10.2. The van der Waals surface area contributed by atoms with Crippen LogP contribution in [0.25, 0.3) is 0 Å². The SMILES string of the molecule is COC(=O)[C@@H]1C[C@H](CC(C)C)N(C(=O)c2ccccn2)[C@@]12C(=O)Nc1cccc(F)c12. The molecule has 7 nitrogen and oxygen atoms in total. The van der Waals surface area contributed by atoms with Crippen molar-refractivity contribution in [1.29, 1.82) is 0 Å². The summed E-state index contributed by atoms with van der Waals surface area (Å²) in [4.78, 5) is 45.7. The second kappa shape index (κ2) is 7.76. The number of nitrogens with one attached hydrogen (secondary N) is 1. The van der Waals surface area contributed by atoms with Crippen LogP contribution in [0, 0.1) is 17.7 Å². The van der Waals surface area contributed by atoms with Crippen LogP contribution >= 0.6 is 0 Å². The largest absolute Gasteiger partial charge is 0.469 e. The van der Waals surface area contributed by atoms with Crippen molar-refractivity contribution < 1.29 is 23.5 Å². The summed E-state index contributed by atoms with van der Waals surface area (Å²) < 4.78 is 20.2. The quantitative estimate of drug-likeness (QED) is 0.761. The van der Waals surface area contributed by atoms with Gasteiger partial charge in [0.1, 0.15) is 11.5 Å². The lowest BCUT2D eigenvalue weighted by molar-refractivity contribution is -0.151. The van der Waals surface area contributed by atoms with E-state index in [4.69, 9.17) is 4.74 Å². The van der Waals surface area contributed by atoms with Crippen LogP contribution in [-0.2, 0) is 19.9 Å². The predicted octanol–water partition coefficient (Wildman–Crippen LogP) is 3.12. The molecule has 8 heteroatoms. The number of carbonyl (C=O) groups excluding carboxylic acids is 3. The van der Waals surface area contributed by atoms with E-state index in [9.17, 15) is 14.4 Å². The van der Waals surface area contributed by atoms with Crippen LogP contribution in [-0.4, -0.2) is 40.8 Å². The zero-order chi connectivity index (χ0) is 22.3. The standard InChI is InChI=1S/C23H24FN3O4/c1-13(2)11-14-12-15(21(29)31-3)23(27(14)20(28)18-8-4-5-10-25-18)19-16(24)7-6-9-17(19)26-22(23)30/h4-10,13-15H,11-12H2,1-3H3,(H,26,30)/t14-,15-,23-/m0/s1. The summed E-state index contributed by atoms with van der Waals surface area (Å²) in [6.45, 7) is 3.98. The Morgan fingerprint density at radius 3 is 2.71 bits per heavy atom. The van der Waals surface area contributed by atoms with Gasteiger partial charge in [-0.2, -0.15) is 0 Å². The minimum Gasteiger partial charge on any atom is -0.469 e. The molecule has 2 aliphatic rings. The van der Waals surface area contributed by atoms with Crippen molar-refractivity contribution in [3.63, 3.8) is 0 Å². The van der Waals surface area contributed by atoms with Crippen molar-refractivity contribution >= 4 is 23.5 Å². The van der Waals surface area contributed by atoms with E-state index < -0.39 is 41.1 Å². The highest BCUT2D eigenvalue weighted by atomic mass is 19.1. The van der Waals surface area contributed by atoms with Crippen molar-refractivity contribution in [2.45, 2.75) is 38.3 Å². The van der Waals surface area contributed by atoms with E-state index >= 15 is 4.39 Å². The van der Waals surface area contributed by atoms with Crippen LogP contribution in [0.4, 0.5) is 10.1 Å². The molecule has 31 heavy (non-hydrogen) atoms. The lowest BCUT2D eigenvalue weighted by atomic mass is 9.78. The highest BCUT2D eigenvalue weighted by Gasteiger charge is 2.67. The zero-order valence-corrected chi connectivity index (χ0v) is 17.6. The third kappa shape index (κ3) is 3.08. The van der Waals surface area contributed by atoms with Crippen LogP contribution in [0.3, 0.4) is 0 Å². The molecule has 1 aromatic heterocycles. The van der Waals surface area contributed by atoms with E-state index in [1.54, 1.807) is 24.3 Å². The number of nitrogens with zero attached hydrogens (tertiary/aromatic N) is 2. The predicted molar refractivity (Wildman–Crippen MR) is 110 cm³/mol. The van der Waals surface area contributed by atoms with E-state index in [1.807, 2.05) is 13.8 Å². The van der Waals surface area contributed by atoms with Gasteiger partial charge in [-0.05, 0) is 43.0 Å². The Hall–Kier alpha value is -3.29. The number of hydrogen-bond acceptors (Lipinski definition) is 5. The number of carbonyl (C=O) groups is 3. The number of pyridine rings is 1. The fourth-order valence-electron chi connectivity index (χ4n) is 5.01. The van der Waals surface area contributed by atoms with Crippen molar-refractivity contribution in [2.75, 3.05) is 12.4 Å². The van der Waals surface area contributed by atoms with Crippen LogP contribution in [0.15, 0.2) is 42.6 Å². The minimum absolute atomic E-state index is 0.00550. The van der Waals surface area contributed by atoms with Gasteiger partial charge in [0.15, 0.2) is 5.54 Å². The van der Waals surface area contributed by atoms with E-state index in [2.05, 4.69) is 10.3 Å². The summed E-state index contributed by atoms with van der Waals surface area (Å²) in [6, 6.07) is 8.69. The Morgan fingerprint density at radius 2 is 2.06 bits per heavy atom. The summed E-state index contributed by atoms with van der Waals surface area (Å²) in [6.07, 6.45) is 2.20. The fourth-order valence-corrected chi connectivity index (χ4v) is 5.01. The van der Waals surface area contributed by atoms with E-state index in [0.29, 0.717) is 6.42 Å². The lowest BCUT2D eigenvalue weighted by Crippen LogP contribution is -2.57. The smallest absolute Gasteiger partial charge is 0.312 e. The number of anilines is 1. The number of aromatic nitrogens is 1. The van der Waals surface area contributed by atoms with E-state index in [-0.39, 0.29) is 29.3 Å². The van der Waals surface area contributed by atoms with Crippen LogP contribution in [0.1, 0.15) is 42.7 Å². The summed E-state index contributed by atoms with van der Waals surface area (Å²) in [5.41, 5.74) is -1.46.